The molecule has 0 unspecified atom stereocenters. The van der Waals surface area contributed by atoms with E-state index in [-0.39, 0.29) is 11.8 Å². The summed E-state index contributed by atoms with van der Waals surface area (Å²) in [6.45, 7) is 8.76. The van der Waals surface area contributed by atoms with E-state index in [0.29, 0.717) is 6.42 Å². The predicted molar refractivity (Wildman–Crippen MR) is 55.5 cm³/mol. The van der Waals surface area contributed by atoms with Crippen LogP contribution < -0.4 is 11.1 Å². The Labute approximate surface area is 85.2 Å². The summed E-state index contributed by atoms with van der Waals surface area (Å²) < 4.78 is 0. The van der Waals surface area contributed by atoms with Gasteiger partial charge in [0.15, 0.2) is 0 Å². The lowest BCUT2D eigenvalue weighted by Gasteiger charge is -2.33. The first-order valence-corrected chi connectivity index (χ1v) is 4.65. The van der Waals surface area contributed by atoms with E-state index in [1.807, 2.05) is 13.8 Å². The van der Waals surface area contributed by atoms with Gasteiger partial charge in [0.05, 0.1) is 0 Å². The minimum absolute atomic E-state index is 0.102. The lowest BCUT2D eigenvalue weighted by atomic mass is 9.79. The second kappa shape index (κ2) is 3.98. The van der Waals surface area contributed by atoms with Gasteiger partial charge in [0.1, 0.15) is 0 Å². The molecule has 4 nitrogen and oxygen atoms in total. The van der Waals surface area contributed by atoms with Gasteiger partial charge in [-0.15, -0.1) is 0 Å². The van der Waals surface area contributed by atoms with E-state index < -0.39 is 11.0 Å². The van der Waals surface area contributed by atoms with Crippen molar-refractivity contribution >= 4 is 11.8 Å². The summed E-state index contributed by atoms with van der Waals surface area (Å²) in [5.74, 6) is -0.453. The number of nitrogens with one attached hydrogen (secondary N) is 1. The molecule has 4 heteroatoms. The van der Waals surface area contributed by atoms with Gasteiger partial charge >= 0.3 is 0 Å². The van der Waals surface area contributed by atoms with Crippen LogP contribution in [0.15, 0.2) is 0 Å². The molecule has 0 aliphatic rings. The van der Waals surface area contributed by atoms with Crippen molar-refractivity contribution in [1.82, 2.24) is 5.32 Å². The van der Waals surface area contributed by atoms with Crippen LogP contribution in [-0.2, 0) is 9.59 Å². The third-order valence-electron chi connectivity index (χ3n) is 2.07. The molecule has 0 spiro atoms. The van der Waals surface area contributed by atoms with E-state index in [1.165, 1.54) is 6.92 Å². The fourth-order valence-corrected chi connectivity index (χ4v) is 1.71. The number of hydrogen-bond donors (Lipinski definition) is 2. The molecule has 0 aromatic heterocycles. The third kappa shape index (κ3) is 4.25. The Bertz CT molecular complexity index is 245. The molecule has 0 fully saturated rings. The Morgan fingerprint density at radius 3 is 1.93 bits per heavy atom. The zero-order valence-corrected chi connectivity index (χ0v) is 9.60. The lowest BCUT2D eigenvalue weighted by Crippen LogP contribution is -2.48. The highest BCUT2D eigenvalue weighted by Crippen LogP contribution is 2.27. The standard InChI is InChI=1S/C10H20N2O2/c1-7(13)12-10(4,5)6-9(2,3)8(11)14/h6H2,1-5H3,(H2,11,14)(H,12,13). The molecule has 0 saturated heterocycles. The van der Waals surface area contributed by atoms with Gasteiger partial charge in [-0.2, -0.15) is 0 Å². The molecule has 3 N–H and O–H groups in total. The van der Waals surface area contributed by atoms with Gasteiger partial charge in [-0.3, -0.25) is 9.59 Å². The Balaban J connectivity index is 4.49. The number of primary amides is 1. The molecule has 0 saturated carbocycles. The van der Waals surface area contributed by atoms with Crippen LogP contribution in [0.3, 0.4) is 0 Å². The van der Waals surface area contributed by atoms with Gasteiger partial charge in [-0.1, -0.05) is 13.8 Å². The van der Waals surface area contributed by atoms with Crippen LogP contribution in [0, 0.1) is 5.41 Å². The van der Waals surface area contributed by atoms with Crippen molar-refractivity contribution in [2.45, 2.75) is 46.6 Å². The van der Waals surface area contributed by atoms with E-state index in [9.17, 15) is 9.59 Å². The Morgan fingerprint density at radius 2 is 1.64 bits per heavy atom. The van der Waals surface area contributed by atoms with Gasteiger partial charge in [-0.25, -0.2) is 0 Å². The van der Waals surface area contributed by atoms with Crippen LogP contribution >= 0.6 is 0 Å². The van der Waals surface area contributed by atoms with E-state index in [1.54, 1.807) is 13.8 Å². The number of carbonyl (C=O) groups excluding carboxylic acids is 2. The van der Waals surface area contributed by atoms with E-state index in [2.05, 4.69) is 5.32 Å². The molecule has 0 aliphatic carbocycles. The maximum Gasteiger partial charge on any atom is 0.223 e. The quantitative estimate of drug-likeness (QED) is 0.704. The number of amides is 2. The van der Waals surface area contributed by atoms with E-state index >= 15 is 0 Å². The van der Waals surface area contributed by atoms with Crippen LogP contribution in [0.1, 0.15) is 41.0 Å². The van der Waals surface area contributed by atoms with Crippen LogP contribution in [0.2, 0.25) is 0 Å². The van der Waals surface area contributed by atoms with Gasteiger partial charge in [0.2, 0.25) is 11.8 Å². The number of hydrogen-bond acceptors (Lipinski definition) is 2. The van der Waals surface area contributed by atoms with Gasteiger partial charge < -0.3 is 11.1 Å². The molecular weight excluding hydrogens is 180 g/mol. The van der Waals surface area contributed by atoms with Crippen molar-refractivity contribution in [3.05, 3.63) is 0 Å². The van der Waals surface area contributed by atoms with Crippen molar-refractivity contribution in [2.24, 2.45) is 11.1 Å². The topological polar surface area (TPSA) is 72.2 Å². The second-order valence-electron chi connectivity index (χ2n) is 4.99. The van der Waals surface area contributed by atoms with Crippen molar-refractivity contribution in [2.75, 3.05) is 0 Å². The van der Waals surface area contributed by atoms with Crippen molar-refractivity contribution in [3.8, 4) is 0 Å². The van der Waals surface area contributed by atoms with Gasteiger partial charge in [0, 0.05) is 17.9 Å². The SMILES string of the molecule is CC(=O)NC(C)(C)CC(C)(C)C(N)=O. The van der Waals surface area contributed by atoms with Crippen molar-refractivity contribution < 1.29 is 9.59 Å². The lowest BCUT2D eigenvalue weighted by molar-refractivity contribution is -0.128. The summed E-state index contributed by atoms with van der Waals surface area (Å²) in [4.78, 5) is 22.0. The molecule has 0 bridgehead atoms. The molecule has 0 aromatic rings. The molecule has 0 atom stereocenters. The Morgan fingerprint density at radius 1 is 1.21 bits per heavy atom. The van der Waals surface area contributed by atoms with Crippen molar-refractivity contribution in [3.63, 3.8) is 0 Å². The molecule has 0 aromatic carbocycles. The highest BCUT2D eigenvalue weighted by atomic mass is 16.2. The van der Waals surface area contributed by atoms with Gasteiger partial charge in [0.25, 0.3) is 0 Å². The average Bonchev–Trinajstić information content (AvgIpc) is 1.79. The highest BCUT2D eigenvalue weighted by Gasteiger charge is 2.33. The fourth-order valence-electron chi connectivity index (χ4n) is 1.71. The minimum Gasteiger partial charge on any atom is -0.369 e. The number of nitrogens with two attached hydrogens (primary N) is 1. The summed E-state index contributed by atoms with van der Waals surface area (Å²) in [6.07, 6.45) is 0.523. The zero-order chi connectivity index (χ0) is 11.6. The maximum absolute atomic E-state index is 11.1. The summed E-state index contributed by atoms with van der Waals surface area (Å²) in [5.41, 5.74) is 4.24. The minimum atomic E-state index is -0.605. The van der Waals surface area contributed by atoms with Crippen molar-refractivity contribution in [1.29, 1.82) is 0 Å². The summed E-state index contributed by atoms with van der Waals surface area (Å²) >= 11 is 0. The number of rotatable bonds is 4. The smallest absolute Gasteiger partial charge is 0.223 e. The Hall–Kier alpha value is -1.06. The first-order valence-electron chi connectivity index (χ1n) is 4.65. The molecule has 82 valence electrons. The number of carbonyl (C=O) groups is 2. The summed E-state index contributed by atoms with van der Waals surface area (Å²) in [7, 11) is 0. The normalized spacial score (nSPS) is 12.4. The first kappa shape index (κ1) is 12.9. The van der Waals surface area contributed by atoms with E-state index in [4.69, 9.17) is 5.73 Å². The molecular formula is C10H20N2O2. The molecule has 0 aliphatic heterocycles. The summed E-state index contributed by atoms with van der Waals surface area (Å²) in [5, 5.41) is 2.78. The first-order chi connectivity index (χ1) is 6.07. The van der Waals surface area contributed by atoms with E-state index in [0.717, 1.165) is 0 Å². The average molecular weight is 200 g/mol. The highest BCUT2D eigenvalue weighted by molar-refractivity contribution is 5.80. The largest absolute Gasteiger partial charge is 0.369 e. The monoisotopic (exact) mass is 200 g/mol. The predicted octanol–water partition coefficient (Wildman–Crippen LogP) is 0.803. The van der Waals surface area contributed by atoms with Gasteiger partial charge in [-0.05, 0) is 20.3 Å². The molecule has 0 heterocycles. The van der Waals surface area contributed by atoms with Crippen LogP contribution in [0.4, 0.5) is 0 Å². The fraction of sp³-hybridized carbons (Fsp3) is 0.800. The molecule has 0 rings (SSSR count). The molecule has 14 heavy (non-hydrogen) atoms. The molecule has 2 amide bonds. The summed E-state index contributed by atoms with van der Waals surface area (Å²) in [6, 6.07) is 0. The maximum atomic E-state index is 11.1. The second-order valence-corrected chi connectivity index (χ2v) is 4.99. The molecule has 0 radical (unpaired) electrons. The van der Waals surface area contributed by atoms with Crippen LogP contribution in [0.5, 0.6) is 0 Å². The zero-order valence-electron chi connectivity index (χ0n) is 9.60. The van der Waals surface area contributed by atoms with Crippen LogP contribution in [0.25, 0.3) is 0 Å². The van der Waals surface area contributed by atoms with Crippen LogP contribution in [-0.4, -0.2) is 17.4 Å². The third-order valence-corrected chi connectivity index (χ3v) is 2.07. The Kier molecular flexibility index (Phi) is 3.68.